The quantitative estimate of drug-likeness (QED) is 0.753. The molecule has 4 heteroatoms. The van der Waals surface area contributed by atoms with Crippen LogP contribution in [0.15, 0.2) is 10.9 Å². The van der Waals surface area contributed by atoms with Crippen molar-refractivity contribution in [3.8, 4) is 0 Å². The van der Waals surface area contributed by atoms with Gasteiger partial charge in [0.25, 0.3) is 5.56 Å². The fourth-order valence-corrected chi connectivity index (χ4v) is 1.47. The Morgan fingerprint density at radius 3 is 2.53 bits per heavy atom. The van der Waals surface area contributed by atoms with Crippen LogP contribution in [0.4, 0.5) is 0 Å². The molecule has 0 aliphatic rings. The highest BCUT2D eigenvalue weighted by Crippen LogP contribution is 2.19. The maximum Gasteiger partial charge on any atom is 0.277 e. The molecule has 0 atom stereocenters. The van der Waals surface area contributed by atoms with Gasteiger partial charge in [-0.1, -0.05) is 34.1 Å². The number of nitrogens with zero attached hydrogens (tertiary/aromatic N) is 2. The zero-order valence-corrected chi connectivity index (χ0v) is 11.0. The number of unbranched alkanes of at least 4 members (excludes halogenated alkanes) is 1. The number of aryl methyl sites for hydroxylation is 1. The lowest BCUT2D eigenvalue weighted by Gasteiger charge is -2.19. The number of hydrogen-bond acceptors (Lipinski definition) is 3. The van der Waals surface area contributed by atoms with Crippen molar-refractivity contribution in [2.75, 3.05) is 0 Å². The summed E-state index contributed by atoms with van der Waals surface area (Å²) in [6.07, 6.45) is 2.49. The molecule has 0 aliphatic heterocycles. The Labute approximate surface area is 102 Å². The molecule has 17 heavy (non-hydrogen) atoms. The van der Waals surface area contributed by atoms with Gasteiger partial charge in [-0.15, -0.1) is 0 Å². The molecule has 0 radical (unpaired) electrons. The normalized spacial score (nSPS) is 11.5. The van der Waals surface area contributed by atoms with Gasteiger partial charge < -0.3 is 0 Å². The van der Waals surface area contributed by atoms with E-state index in [9.17, 15) is 9.59 Å². The standard InChI is InChI=1S/C13H20N2O2/c1-5-6-7-15-12(17)10(9-16)8-11(14-15)13(2,3)4/h8-9H,5-7H2,1-4H3. The molecule has 0 N–H and O–H groups in total. The maximum absolute atomic E-state index is 11.9. The Morgan fingerprint density at radius 2 is 2.06 bits per heavy atom. The van der Waals surface area contributed by atoms with E-state index in [-0.39, 0.29) is 16.5 Å². The summed E-state index contributed by atoms with van der Waals surface area (Å²) >= 11 is 0. The fraction of sp³-hybridized carbons (Fsp3) is 0.615. The summed E-state index contributed by atoms with van der Waals surface area (Å²) in [6, 6.07) is 1.60. The van der Waals surface area contributed by atoms with E-state index in [1.807, 2.05) is 20.8 Å². The van der Waals surface area contributed by atoms with Crippen LogP contribution in [0.1, 0.15) is 56.6 Å². The first-order valence-corrected chi connectivity index (χ1v) is 5.98. The molecule has 1 aromatic rings. The van der Waals surface area contributed by atoms with Crippen molar-refractivity contribution in [1.29, 1.82) is 0 Å². The van der Waals surface area contributed by atoms with Crippen LogP contribution < -0.4 is 5.56 Å². The number of carbonyl (C=O) groups excluding carboxylic acids is 1. The number of rotatable bonds is 4. The lowest BCUT2D eigenvalue weighted by atomic mass is 9.91. The van der Waals surface area contributed by atoms with Crippen molar-refractivity contribution >= 4 is 6.29 Å². The Morgan fingerprint density at radius 1 is 1.41 bits per heavy atom. The first-order chi connectivity index (χ1) is 7.90. The molecule has 0 aromatic carbocycles. The van der Waals surface area contributed by atoms with Crippen LogP contribution in [0.3, 0.4) is 0 Å². The third kappa shape index (κ3) is 3.25. The van der Waals surface area contributed by atoms with Crippen LogP contribution in [-0.4, -0.2) is 16.1 Å². The molecule has 0 saturated carbocycles. The van der Waals surface area contributed by atoms with E-state index in [4.69, 9.17) is 0 Å². The average molecular weight is 236 g/mol. The Hall–Kier alpha value is -1.45. The summed E-state index contributed by atoms with van der Waals surface area (Å²) in [4.78, 5) is 22.7. The van der Waals surface area contributed by atoms with Gasteiger partial charge in [0.2, 0.25) is 0 Å². The summed E-state index contributed by atoms with van der Waals surface area (Å²) in [5.41, 5.74) is 0.511. The van der Waals surface area contributed by atoms with Gasteiger partial charge in [-0.3, -0.25) is 9.59 Å². The molecule has 1 heterocycles. The van der Waals surface area contributed by atoms with Crippen LogP contribution in [-0.2, 0) is 12.0 Å². The van der Waals surface area contributed by atoms with Gasteiger partial charge >= 0.3 is 0 Å². The molecule has 0 unspecified atom stereocenters. The molecule has 4 nitrogen and oxygen atoms in total. The van der Waals surface area contributed by atoms with E-state index in [2.05, 4.69) is 12.0 Å². The molecule has 0 saturated heterocycles. The predicted octanol–water partition coefficient (Wildman–Crippen LogP) is 2.15. The Kier molecular flexibility index (Phi) is 4.21. The second-order valence-corrected chi connectivity index (χ2v) is 5.23. The number of aromatic nitrogens is 2. The van der Waals surface area contributed by atoms with Crippen LogP contribution in [0.25, 0.3) is 0 Å². The minimum atomic E-state index is -0.290. The zero-order valence-electron chi connectivity index (χ0n) is 11.0. The molecule has 0 fully saturated rings. The van der Waals surface area contributed by atoms with Gasteiger partial charge in [-0.05, 0) is 12.5 Å². The third-order valence-corrected chi connectivity index (χ3v) is 2.62. The van der Waals surface area contributed by atoms with E-state index in [1.165, 1.54) is 4.68 Å². The van der Waals surface area contributed by atoms with Crippen molar-refractivity contribution in [3.63, 3.8) is 0 Å². The largest absolute Gasteiger partial charge is 0.298 e. The zero-order chi connectivity index (χ0) is 13.1. The predicted molar refractivity (Wildman–Crippen MR) is 67.5 cm³/mol. The molecule has 1 rings (SSSR count). The van der Waals surface area contributed by atoms with Crippen molar-refractivity contribution in [3.05, 3.63) is 27.7 Å². The summed E-state index contributed by atoms with van der Waals surface area (Å²) < 4.78 is 1.41. The smallest absolute Gasteiger partial charge is 0.277 e. The number of aldehydes is 1. The SMILES string of the molecule is CCCCn1nc(C(C)(C)C)cc(C=O)c1=O. The summed E-state index contributed by atoms with van der Waals surface area (Å²) in [5, 5.41) is 4.33. The maximum atomic E-state index is 11.9. The molecule has 0 amide bonds. The number of hydrogen-bond donors (Lipinski definition) is 0. The first-order valence-electron chi connectivity index (χ1n) is 5.98. The van der Waals surface area contributed by atoms with Gasteiger partial charge in [-0.25, -0.2) is 4.68 Å². The highest BCUT2D eigenvalue weighted by molar-refractivity contribution is 5.74. The van der Waals surface area contributed by atoms with E-state index < -0.39 is 0 Å². The Bertz CT molecular complexity index is 455. The second kappa shape index (κ2) is 5.25. The molecule has 0 aliphatic carbocycles. The van der Waals surface area contributed by atoms with Crippen LogP contribution in [0.2, 0.25) is 0 Å². The lowest BCUT2D eigenvalue weighted by Crippen LogP contribution is -2.30. The molecular weight excluding hydrogens is 216 g/mol. The van der Waals surface area contributed by atoms with Crippen molar-refractivity contribution in [1.82, 2.24) is 9.78 Å². The monoisotopic (exact) mass is 236 g/mol. The minimum absolute atomic E-state index is 0.167. The van der Waals surface area contributed by atoms with E-state index in [1.54, 1.807) is 6.07 Å². The topological polar surface area (TPSA) is 52.0 Å². The highest BCUT2D eigenvalue weighted by Gasteiger charge is 2.18. The van der Waals surface area contributed by atoms with Gasteiger partial charge in [0, 0.05) is 12.0 Å². The van der Waals surface area contributed by atoms with E-state index >= 15 is 0 Å². The Balaban J connectivity index is 3.29. The van der Waals surface area contributed by atoms with E-state index in [0.717, 1.165) is 18.5 Å². The lowest BCUT2D eigenvalue weighted by molar-refractivity contribution is 0.112. The summed E-state index contributed by atoms with van der Waals surface area (Å²) in [7, 11) is 0. The third-order valence-electron chi connectivity index (χ3n) is 2.62. The highest BCUT2D eigenvalue weighted by atomic mass is 16.1. The van der Waals surface area contributed by atoms with Crippen molar-refractivity contribution < 1.29 is 4.79 Å². The van der Waals surface area contributed by atoms with Crippen LogP contribution in [0.5, 0.6) is 0 Å². The molecule has 94 valence electrons. The van der Waals surface area contributed by atoms with Gasteiger partial charge in [0.15, 0.2) is 6.29 Å². The van der Waals surface area contributed by atoms with Crippen molar-refractivity contribution in [2.24, 2.45) is 0 Å². The minimum Gasteiger partial charge on any atom is -0.298 e. The molecule has 0 bridgehead atoms. The van der Waals surface area contributed by atoms with Gasteiger partial charge in [-0.2, -0.15) is 5.10 Å². The molecular formula is C13H20N2O2. The number of carbonyl (C=O) groups is 1. The van der Waals surface area contributed by atoms with Crippen molar-refractivity contribution in [2.45, 2.75) is 52.5 Å². The summed E-state index contributed by atoms with van der Waals surface area (Å²) in [6.45, 7) is 8.66. The molecule has 0 spiro atoms. The van der Waals surface area contributed by atoms with Crippen LogP contribution in [0, 0.1) is 0 Å². The molecule has 1 aromatic heterocycles. The van der Waals surface area contributed by atoms with Gasteiger partial charge in [0.05, 0.1) is 11.3 Å². The fourth-order valence-electron chi connectivity index (χ4n) is 1.47. The summed E-state index contributed by atoms with van der Waals surface area (Å²) in [5.74, 6) is 0. The van der Waals surface area contributed by atoms with E-state index in [0.29, 0.717) is 12.8 Å². The van der Waals surface area contributed by atoms with Crippen LogP contribution >= 0.6 is 0 Å². The first kappa shape index (κ1) is 13.6. The second-order valence-electron chi connectivity index (χ2n) is 5.23. The van der Waals surface area contributed by atoms with Gasteiger partial charge in [0.1, 0.15) is 0 Å². The average Bonchev–Trinajstić information content (AvgIpc) is 2.26.